The summed E-state index contributed by atoms with van der Waals surface area (Å²) < 4.78 is 5.87. The molecule has 0 amide bonds. The first-order valence-corrected chi connectivity index (χ1v) is 7.21. The van der Waals surface area contributed by atoms with Gasteiger partial charge in [-0.2, -0.15) is 0 Å². The molecule has 0 aliphatic carbocycles. The lowest BCUT2D eigenvalue weighted by atomic mass is 9.84. The molecule has 0 aromatic carbocycles. The van der Waals surface area contributed by atoms with Gasteiger partial charge in [0.05, 0.1) is 12.2 Å². The van der Waals surface area contributed by atoms with Crippen molar-refractivity contribution in [3.8, 4) is 0 Å². The lowest BCUT2D eigenvalue weighted by Gasteiger charge is -2.46. The Morgan fingerprint density at radius 1 is 1.17 bits per heavy atom. The Morgan fingerprint density at radius 2 is 1.78 bits per heavy atom. The molecule has 0 spiro atoms. The van der Waals surface area contributed by atoms with Crippen LogP contribution in [0.4, 0.5) is 0 Å². The molecule has 0 aromatic rings. The molecular formula is C15H32N2O. The first-order valence-electron chi connectivity index (χ1n) is 7.21. The Morgan fingerprint density at radius 3 is 2.28 bits per heavy atom. The summed E-state index contributed by atoms with van der Waals surface area (Å²) in [5.41, 5.74) is 0.283. The van der Waals surface area contributed by atoms with Crippen LogP contribution in [0.15, 0.2) is 0 Å². The molecule has 1 fully saturated rings. The summed E-state index contributed by atoms with van der Waals surface area (Å²) in [6.45, 7) is 19.7. The van der Waals surface area contributed by atoms with Crippen molar-refractivity contribution in [2.45, 2.75) is 66.2 Å². The van der Waals surface area contributed by atoms with Gasteiger partial charge in [0.15, 0.2) is 0 Å². The summed E-state index contributed by atoms with van der Waals surface area (Å²) >= 11 is 0. The zero-order chi connectivity index (χ0) is 14.0. The first kappa shape index (κ1) is 15.9. The summed E-state index contributed by atoms with van der Waals surface area (Å²) in [6, 6.07) is 1.18. The van der Waals surface area contributed by atoms with Crippen LogP contribution in [0.3, 0.4) is 0 Å². The van der Waals surface area contributed by atoms with Crippen LogP contribution in [0, 0.1) is 5.41 Å². The molecule has 1 saturated heterocycles. The molecule has 0 aromatic heterocycles. The second kappa shape index (κ2) is 5.89. The monoisotopic (exact) mass is 256 g/mol. The SMILES string of the molecule is CC1CN(CCOC(C)(C)C)C(C(C)(C)C)CN1. The van der Waals surface area contributed by atoms with Crippen LogP contribution in [0.5, 0.6) is 0 Å². The van der Waals surface area contributed by atoms with Crippen molar-refractivity contribution in [1.29, 1.82) is 0 Å². The van der Waals surface area contributed by atoms with Gasteiger partial charge in [0.25, 0.3) is 0 Å². The van der Waals surface area contributed by atoms with Gasteiger partial charge in [-0.3, -0.25) is 4.90 Å². The van der Waals surface area contributed by atoms with E-state index in [0.717, 1.165) is 26.2 Å². The van der Waals surface area contributed by atoms with E-state index in [-0.39, 0.29) is 5.60 Å². The van der Waals surface area contributed by atoms with Crippen LogP contribution in [-0.4, -0.2) is 48.8 Å². The average molecular weight is 256 g/mol. The predicted molar refractivity (Wildman–Crippen MR) is 78.0 cm³/mol. The lowest BCUT2D eigenvalue weighted by Crippen LogP contribution is -2.60. The molecule has 1 aliphatic heterocycles. The molecule has 0 saturated carbocycles. The maximum atomic E-state index is 5.87. The molecule has 1 N–H and O–H groups in total. The fourth-order valence-electron chi connectivity index (χ4n) is 2.56. The average Bonchev–Trinajstić information content (AvgIpc) is 2.13. The maximum absolute atomic E-state index is 5.87. The highest BCUT2D eigenvalue weighted by Gasteiger charge is 2.34. The van der Waals surface area contributed by atoms with Gasteiger partial charge in [0.2, 0.25) is 0 Å². The van der Waals surface area contributed by atoms with Gasteiger partial charge in [0, 0.05) is 31.7 Å². The Hall–Kier alpha value is -0.120. The smallest absolute Gasteiger partial charge is 0.0600 e. The van der Waals surface area contributed by atoms with Gasteiger partial charge >= 0.3 is 0 Å². The van der Waals surface area contributed by atoms with Gasteiger partial charge in [-0.1, -0.05) is 20.8 Å². The van der Waals surface area contributed by atoms with Crippen molar-refractivity contribution in [2.75, 3.05) is 26.2 Å². The number of piperazine rings is 1. The Kier molecular flexibility index (Phi) is 5.22. The van der Waals surface area contributed by atoms with E-state index < -0.39 is 0 Å². The maximum Gasteiger partial charge on any atom is 0.0600 e. The lowest BCUT2D eigenvalue weighted by molar-refractivity contribution is -0.0317. The van der Waals surface area contributed by atoms with Crippen molar-refractivity contribution >= 4 is 0 Å². The highest BCUT2D eigenvalue weighted by Crippen LogP contribution is 2.26. The highest BCUT2D eigenvalue weighted by atomic mass is 16.5. The zero-order valence-corrected chi connectivity index (χ0v) is 13.3. The van der Waals surface area contributed by atoms with E-state index in [1.165, 1.54) is 0 Å². The van der Waals surface area contributed by atoms with E-state index in [1.54, 1.807) is 0 Å². The Labute approximate surface area is 113 Å². The van der Waals surface area contributed by atoms with E-state index >= 15 is 0 Å². The third-order valence-corrected chi connectivity index (χ3v) is 3.52. The van der Waals surface area contributed by atoms with Crippen LogP contribution in [0.2, 0.25) is 0 Å². The molecule has 2 atom stereocenters. The van der Waals surface area contributed by atoms with Gasteiger partial charge in [-0.05, 0) is 33.1 Å². The summed E-state index contributed by atoms with van der Waals surface area (Å²) in [5, 5.41) is 3.59. The zero-order valence-electron chi connectivity index (χ0n) is 13.3. The van der Waals surface area contributed by atoms with E-state index in [4.69, 9.17) is 4.74 Å². The van der Waals surface area contributed by atoms with Gasteiger partial charge in [0.1, 0.15) is 0 Å². The Balaban J connectivity index is 2.52. The molecular weight excluding hydrogens is 224 g/mol. The number of hydrogen-bond donors (Lipinski definition) is 1. The molecule has 2 unspecified atom stereocenters. The summed E-state index contributed by atoms with van der Waals surface area (Å²) in [6.07, 6.45) is 0. The molecule has 1 heterocycles. The Bertz CT molecular complexity index is 252. The fourth-order valence-corrected chi connectivity index (χ4v) is 2.56. The largest absolute Gasteiger partial charge is 0.375 e. The van der Waals surface area contributed by atoms with Gasteiger partial charge in [-0.15, -0.1) is 0 Å². The van der Waals surface area contributed by atoms with Crippen LogP contribution in [-0.2, 0) is 4.74 Å². The number of rotatable bonds is 3. The van der Waals surface area contributed by atoms with Gasteiger partial charge < -0.3 is 10.1 Å². The van der Waals surface area contributed by atoms with E-state index in [1.807, 2.05) is 0 Å². The minimum Gasteiger partial charge on any atom is -0.375 e. The molecule has 1 aliphatic rings. The topological polar surface area (TPSA) is 24.5 Å². The molecule has 3 heteroatoms. The summed E-state index contributed by atoms with van der Waals surface area (Å²) in [4.78, 5) is 2.59. The third-order valence-electron chi connectivity index (χ3n) is 3.52. The van der Waals surface area contributed by atoms with Crippen molar-refractivity contribution in [1.82, 2.24) is 10.2 Å². The van der Waals surface area contributed by atoms with Crippen LogP contribution >= 0.6 is 0 Å². The van der Waals surface area contributed by atoms with Crippen LogP contribution in [0.25, 0.3) is 0 Å². The second-order valence-corrected chi connectivity index (χ2v) is 7.65. The van der Waals surface area contributed by atoms with Gasteiger partial charge in [-0.25, -0.2) is 0 Å². The third kappa shape index (κ3) is 5.25. The highest BCUT2D eigenvalue weighted by molar-refractivity contribution is 4.91. The molecule has 0 radical (unpaired) electrons. The van der Waals surface area contributed by atoms with Crippen molar-refractivity contribution in [3.05, 3.63) is 0 Å². The number of hydrogen-bond acceptors (Lipinski definition) is 3. The fraction of sp³-hybridized carbons (Fsp3) is 1.00. The van der Waals surface area contributed by atoms with Crippen LogP contribution in [0.1, 0.15) is 48.5 Å². The predicted octanol–water partition coefficient (Wildman–Crippen LogP) is 2.51. The van der Waals surface area contributed by atoms with Crippen molar-refractivity contribution in [2.24, 2.45) is 5.41 Å². The van der Waals surface area contributed by atoms with E-state index in [9.17, 15) is 0 Å². The van der Waals surface area contributed by atoms with Crippen LogP contribution < -0.4 is 5.32 Å². The molecule has 3 nitrogen and oxygen atoms in total. The number of nitrogens with one attached hydrogen (secondary N) is 1. The normalized spacial score (nSPS) is 27.5. The number of nitrogens with zero attached hydrogens (tertiary/aromatic N) is 1. The van der Waals surface area contributed by atoms with Crippen molar-refractivity contribution in [3.63, 3.8) is 0 Å². The second-order valence-electron chi connectivity index (χ2n) is 7.65. The van der Waals surface area contributed by atoms with E-state index in [0.29, 0.717) is 17.5 Å². The molecule has 18 heavy (non-hydrogen) atoms. The molecule has 1 rings (SSSR count). The number of ether oxygens (including phenoxy) is 1. The molecule has 0 bridgehead atoms. The minimum atomic E-state index is -0.0309. The quantitative estimate of drug-likeness (QED) is 0.840. The first-order chi connectivity index (χ1) is 8.09. The summed E-state index contributed by atoms with van der Waals surface area (Å²) in [5.74, 6) is 0. The van der Waals surface area contributed by atoms with E-state index in [2.05, 4.69) is 58.7 Å². The molecule has 108 valence electrons. The summed E-state index contributed by atoms with van der Waals surface area (Å²) in [7, 11) is 0. The minimum absolute atomic E-state index is 0.0309. The van der Waals surface area contributed by atoms with Crippen molar-refractivity contribution < 1.29 is 4.74 Å². The standard InChI is InChI=1S/C15H32N2O/c1-12-11-17(8-9-18-15(5,6)7)13(10-16-12)14(2,3)4/h12-13,16H,8-11H2,1-7H3.